The fourth-order valence-electron chi connectivity index (χ4n) is 2.90. The summed E-state index contributed by atoms with van der Waals surface area (Å²) < 4.78 is 40.2. The lowest BCUT2D eigenvalue weighted by atomic mass is 9.73. The number of halogens is 3. The van der Waals surface area contributed by atoms with E-state index in [1.54, 1.807) is 0 Å². The summed E-state index contributed by atoms with van der Waals surface area (Å²) in [5.74, 6) is -2.32. The maximum absolute atomic E-state index is 12.1. The topological polar surface area (TPSA) is 63.6 Å². The normalized spacial score (nSPS) is 22.4. The first kappa shape index (κ1) is 16.3. The van der Waals surface area contributed by atoms with E-state index in [0.29, 0.717) is 24.8 Å². The van der Waals surface area contributed by atoms with Gasteiger partial charge < -0.3 is 9.84 Å². The fourth-order valence-corrected chi connectivity index (χ4v) is 2.90. The molecule has 2 atom stereocenters. The number of aliphatic carboxylic acids is 1. The SMILES string of the molecule is O=C(O)C[C@@H]1CCCC(=O)[C@H]1c1ccc(OC(F)(F)F)cc1. The second kappa shape index (κ2) is 6.37. The lowest BCUT2D eigenvalue weighted by molar-refractivity contribution is -0.274. The smallest absolute Gasteiger partial charge is 0.481 e. The Kier molecular flexibility index (Phi) is 4.73. The van der Waals surface area contributed by atoms with Gasteiger partial charge in [-0.2, -0.15) is 0 Å². The molecule has 1 N–H and O–H groups in total. The van der Waals surface area contributed by atoms with Crippen LogP contribution in [0.5, 0.6) is 5.75 Å². The highest BCUT2D eigenvalue weighted by Gasteiger charge is 2.35. The quantitative estimate of drug-likeness (QED) is 0.923. The van der Waals surface area contributed by atoms with Crippen molar-refractivity contribution < 1.29 is 32.6 Å². The first-order valence-corrected chi connectivity index (χ1v) is 6.86. The number of Topliss-reactive ketones (excluding diaryl/α,β-unsaturated/α-hetero) is 1. The van der Waals surface area contributed by atoms with Gasteiger partial charge in [-0.1, -0.05) is 12.1 Å². The van der Waals surface area contributed by atoms with E-state index in [1.165, 1.54) is 12.1 Å². The van der Waals surface area contributed by atoms with Crippen molar-refractivity contribution in [1.82, 2.24) is 0 Å². The van der Waals surface area contributed by atoms with Crippen LogP contribution >= 0.6 is 0 Å². The summed E-state index contributed by atoms with van der Waals surface area (Å²) in [7, 11) is 0. The highest BCUT2D eigenvalue weighted by atomic mass is 19.4. The largest absolute Gasteiger partial charge is 0.573 e. The number of benzene rings is 1. The van der Waals surface area contributed by atoms with Gasteiger partial charge in [-0.25, -0.2) is 0 Å². The Morgan fingerprint density at radius 3 is 2.45 bits per heavy atom. The zero-order chi connectivity index (χ0) is 16.3. The van der Waals surface area contributed by atoms with Crippen molar-refractivity contribution in [3.05, 3.63) is 29.8 Å². The highest BCUT2D eigenvalue weighted by molar-refractivity contribution is 5.87. The molecular formula is C15H15F3O4. The van der Waals surface area contributed by atoms with Crippen LogP contribution in [0.3, 0.4) is 0 Å². The molecule has 2 rings (SSSR count). The molecule has 0 unspecified atom stereocenters. The van der Waals surface area contributed by atoms with Crippen LogP contribution in [0.1, 0.15) is 37.2 Å². The van der Waals surface area contributed by atoms with Gasteiger partial charge >= 0.3 is 12.3 Å². The van der Waals surface area contributed by atoms with E-state index >= 15 is 0 Å². The van der Waals surface area contributed by atoms with Crippen molar-refractivity contribution in [3.63, 3.8) is 0 Å². The van der Waals surface area contributed by atoms with Gasteiger partial charge in [-0.15, -0.1) is 13.2 Å². The molecular weight excluding hydrogens is 301 g/mol. The van der Waals surface area contributed by atoms with E-state index in [1.807, 2.05) is 0 Å². The third kappa shape index (κ3) is 4.22. The summed E-state index contributed by atoms with van der Waals surface area (Å²) in [5, 5.41) is 8.93. The molecule has 1 fully saturated rings. The van der Waals surface area contributed by atoms with Crippen LogP contribution in [0.25, 0.3) is 0 Å². The third-order valence-electron chi connectivity index (χ3n) is 3.73. The number of carbonyl (C=O) groups is 2. The van der Waals surface area contributed by atoms with Gasteiger partial charge in [0.1, 0.15) is 11.5 Å². The molecule has 0 heterocycles. The number of rotatable bonds is 4. The summed E-state index contributed by atoms with van der Waals surface area (Å²) in [5.41, 5.74) is 0.533. The second-order valence-corrected chi connectivity index (χ2v) is 5.31. The van der Waals surface area contributed by atoms with Crippen molar-refractivity contribution in [2.45, 2.75) is 38.0 Å². The van der Waals surface area contributed by atoms with Gasteiger partial charge in [-0.3, -0.25) is 9.59 Å². The van der Waals surface area contributed by atoms with Crippen LogP contribution < -0.4 is 4.74 Å². The first-order valence-electron chi connectivity index (χ1n) is 6.86. The van der Waals surface area contributed by atoms with Crippen LogP contribution in [-0.2, 0) is 9.59 Å². The number of alkyl halides is 3. The minimum absolute atomic E-state index is 0.0676. The monoisotopic (exact) mass is 316 g/mol. The molecule has 0 amide bonds. The standard InChI is InChI=1S/C15H15F3O4/c16-15(17,18)22-11-6-4-9(5-7-11)14-10(8-13(20)21)2-1-3-12(14)19/h4-7,10,14H,1-3,8H2,(H,20,21)/t10-,14-/m0/s1. The summed E-state index contributed by atoms with van der Waals surface area (Å²) in [6.07, 6.45) is -3.28. The molecule has 7 heteroatoms. The molecule has 1 saturated carbocycles. The lowest BCUT2D eigenvalue weighted by Crippen LogP contribution is -2.28. The Balaban J connectivity index is 2.19. The Labute approximate surface area is 124 Å². The maximum atomic E-state index is 12.1. The molecule has 120 valence electrons. The van der Waals surface area contributed by atoms with Crippen molar-refractivity contribution >= 4 is 11.8 Å². The number of carboxylic acid groups (broad SMARTS) is 1. The van der Waals surface area contributed by atoms with Crippen molar-refractivity contribution in [1.29, 1.82) is 0 Å². The predicted octanol–water partition coefficient (Wildman–Crippen LogP) is 3.51. The molecule has 22 heavy (non-hydrogen) atoms. The maximum Gasteiger partial charge on any atom is 0.573 e. The number of hydrogen-bond acceptors (Lipinski definition) is 3. The second-order valence-electron chi connectivity index (χ2n) is 5.31. The summed E-state index contributed by atoms with van der Waals surface area (Å²) in [4.78, 5) is 23.0. The number of hydrogen-bond donors (Lipinski definition) is 1. The molecule has 1 aliphatic carbocycles. The number of ether oxygens (including phenoxy) is 1. The zero-order valence-corrected chi connectivity index (χ0v) is 11.6. The van der Waals surface area contributed by atoms with Crippen LogP contribution in [0.4, 0.5) is 13.2 Å². The molecule has 4 nitrogen and oxygen atoms in total. The molecule has 1 aromatic carbocycles. The van der Waals surface area contributed by atoms with E-state index in [0.717, 1.165) is 12.1 Å². The van der Waals surface area contributed by atoms with Gasteiger partial charge in [0, 0.05) is 18.8 Å². The van der Waals surface area contributed by atoms with Crippen LogP contribution in [-0.4, -0.2) is 23.2 Å². The molecule has 0 spiro atoms. The van der Waals surface area contributed by atoms with Gasteiger partial charge in [-0.05, 0) is 36.5 Å². The van der Waals surface area contributed by atoms with Gasteiger partial charge in [0.15, 0.2) is 0 Å². The van der Waals surface area contributed by atoms with E-state index in [2.05, 4.69) is 4.74 Å². The average Bonchev–Trinajstić information content (AvgIpc) is 2.38. The number of ketones is 1. The zero-order valence-electron chi connectivity index (χ0n) is 11.6. The Hall–Kier alpha value is -2.05. The highest BCUT2D eigenvalue weighted by Crippen LogP contribution is 2.38. The Bertz CT molecular complexity index is 551. The molecule has 0 bridgehead atoms. The molecule has 1 aliphatic rings. The van der Waals surface area contributed by atoms with Crippen molar-refractivity contribution in [3.8, 4) is 5.75 Å². The van der Waals surface area contributed by atoms with Crippen LogP contribution in [0, 0.1) is 5.92 Å². The van der Waals surface area contributed by atoms with Crippen molar-refractivity contribution in [2.24, 2.45) is 5.92 Å². The predicted molar refractivity (Wildman–Crippen MR) is 70.5 cm³/mol. The lowest BCUT2D eigenvalue weighted by Gasteiger charge is -2.29. The molecule has 0 radical (unpaired) electrons. The van der Waals surface area contributed by atoms with Crippen LogP contribution in [0.15, 0.2) is 24.3 Å². The molecule has 0 aliphatic heterocycles. The van der Waals surface area contributed by atoms with Crippen molar-refractivity contribution in [2.75, 3.05) is 0 Å². The van der Waals surface area contributed by atoms with E-state index in [9.17, 15) is 22.8 Å². The van der Waals surface area contributed by atoms with E-state index < -0.39 is 18.2 Å². The minimum atomic E-state index is -4.77. The molecule has 1 aromatic rings. The summed E-state index contributed by atoms with van der Waals surface area (Å²) in [6, 6.07) is 5.07. The first-order chi connectivity index (χ1) is 10.3. The van der Waals surface area contributed by atoms with Gasteiger partial charge in [0.2, 0.25) is 0 Å². The van der Waals surface area contributed by atoms with E-state index in [-0.39, 0.29) is 23.9 Å². The minimum Gasteiger partial charge on any atom is -0.481 e. The van der Waals surface area contributed by atoms with E-state index in [4.69, 9.17) is 5.11 Å². The molecule has 0 aromatic heterocycles. The Morgan fingerprint density at radius 1 is 1.27 bits per heavy atom. The Morgan fingerprint density at radius 2 is 1.91 bits per heavy atom. The van der Waals surface area contributed by atoms with Gasteiger partial charge in [0.25, 0.3) is 0 Å². The molecule has 0 saturated heterocycles. The van der Waals surface area contributed by atoms with Crippen LogP contribution in [0.2, 0.25) is 0 Å². The third-order valence-corrected chi connectivity index (χ3v) is 3.73. The summed E-state index contributed by atoms with van der Waals surface area (Å²) >= 11 is 0. The fraction of sp³-hybridized carbons (Fsp3) is 0.467. The number of carboxylic acids is 1. The number of carbonyl (C=O) groups excluding carboxylic acids is 1. The van der Waals surface area contributed by atoms with Gasteiger partial charge in [0.05, 0.1) is 0 Å². The summed E-state index contributed by atoms with van der Waals surface area (Å²) in [6.45, 7) is 0. The average molecular weight is 316 g/mol.